The molecule has 1 amide bonds. The molecule has 2 aromatic carbocycles. The molecule has 0 fully saturated rings. The zero-order valence-electron chi connectivity index (χ0n) is 11.1. The Morgan fingerprint density at radius 2 is 2.00 bits per heavy atom. The number of nitrogens with zero attached hydrogens (tertiary/aromatic N) is 2. The Kier molecular flexibility index (Phi) is 3.27. The third kappa shape index (κ3) is 2.84. The largest absolute Gasteiger partial charge is 0.399 e. The molecule has 0 bridgehead atoms. The number of nitrogen functional groups attached to an aromatic ring is 1. The van der Waals surface area contributed by atoms with E-state index in [-0.39, 0.29) is 18.3 Å². The number of hydrogen-bond acceptors (Lipinski definition) is 3. The summed E-state index contributed by atoms with van der Waals surface area (Å²) < 4.78 is 14.4. The molecule has 106 valence electrons. The molecule has 0 saturated heterocycles. The standard InChI is InChI=1S/C15H13FN4O/c16-11-2-5-13(6-3-11)19-15(21)9-20-14-7-12(17)4-1-10(14)8-18-20/h1-8H,9,17H2,(H,19,21). The number of halogens is 1. The summed E-state index contributed by atoms with van der Waals surface area (Å²) in [7, 11) is 0. The Balaban J connectivity index is 1.77. The normalized spacial score (nSPS) is 10.7. The molecule has 21 heavy (non-hydrogen) atoms. The third-order valence-electron chi connectivity index (χ3n) is 3.09. The van der Waals surface area contributed by atoms with Gasteiger partial charge in [0.05, 0.1) is 11.7 Å². The van der Waals surface area contributed by atoms with Gasteiger partial charge in [-0.15, -0.1) is 0 Å². The summed E-state index contributed by atoms with van der Waals surface area (Å²) in [6.45, 7) is 0.0599. The van der Waals surface area contributed by atoms with Crippen molar-refractivity contribution in [3.05, 3.63) is 54.5 Å². The highest BCUT2D eigenvalue weighted by Gasteiger charge is 2.08. The van der Waals surface area contributed by atoms with Crippen LogP contribution in [0.4, 0.5) is 15.8 Å². The number of aromatic nitrogens is 2. The number of fused-ring (bicyclic) bond motifs is 1. The van der Waals surface area contributed by atoms with E-state index in [0.29, 0.717) is 11.4 Å². The number of anilines is 2. The molecule has 5 nitrogen and oxygen atoms in total. The molecular weight excluding hydrogens is 271 g/mol. The van der Waals surface area contributed by atoms with Crippen molar-refractivity contribution in [2.45, 2.75) is 6.54 Å². The number of benzene rings is 2. The minimum absolute atomic E-state index is 0.0599. The maximum Gasteiger partial charge on any atom is 0.246 e. The van der Waals surface area contributed by atoms with E-state index in [2.05, 4.69) is 10.4 Å². The highest BCUT2D eigenvalue weighted by Crippen LogP contribution is 2.17. The van der Waals surface area contributed by atoms with Crippen LogP contribution in [0, 0.1) is 5.82 Å². The molecule has 6 heteroatoms. The van der Waals surface area contributed by atoms with Crippen LogP contribution < -0.4 is 11.1 Å². The zero-order chi connectivity index (χ0) is 14.8. The number of nitrogens with one attached hydrogen (secondary N) is 1. The van der Waals surface area contributed by atoms with Crippen molar-refractivity contribution in [3.63, 3.8) is 0 Å². The van der Waals surface area contributed by atoms with Gasteiger partial charge in [-0.2, -0.15) is 5.10 Å². The minimum atomic E-state index is -0.346. The van der Waals surface area contributed by atoms with E-state index in [4.69, 9.17) is 5.73 Å². The van der Waals surface area contributed by atoms with Gasteiger partial charge >= 0.3 is 0 Å². The Bertz CT molecular complexity index is 795. The minimum Gasteiger partial charge on any atom is -0.399 e. The van der Waals surface area contributed by atoms with Crippen LogP contribution in [0.5, 0.6) is 0 Å². The van der Waals surface area contributed by atoms with E-state index in [1.54, 1.807) is 23.0 Å². The average molecular weight is 284 g/mol. The Hall–Kier alpha value is -2.89. The second kappa shape index (κ2) is 5.24. The Labute approximate surface area is 120 Å². The topological polar surface area (TPSA) is 72.9 Å². The van der Waals surface area contributed by atoms with Gasteiger partial charge in [-0.3, -0.25) is 9.48 Å². The van der Waals surface area contributed by atoms with Crippen LogP contribution in [-0.2, 0) is 11.3 Å². The molecule has 0 aliphatic rings. The van der Waals surface area contributed by atoms with Crippen molar-refractivity contribution in [1.29, 1.82) is 0 Å². The molecule has 1 heterocycles. The van der Waals surface area contributed by atoms with Crippen LogP contribution in [0.3, 0.4) is 0 Å². The van der Waals surface area contributed by atoms with Gasteiger partial charge in [0, 0.05) is 16.8 Å². The van der Waals surface area contributed by atoms with Gasteiger partial charge < -0.3 is 11.1 Å². The number of rotatable bonds is 3. The van der Waals surface area contributed by atoms with Crippen LogP contribution in [0.15, 0.2) is 48.7 Å². The van der Waals surface area contributed by atoms with E-state index >= 15 is 0 Å². The third-order valence-corrected chi connectivity index (χ3v) is 3.09. The lowest BCUT2D eigenvalue weighted by atomic mass is 10.2. The molecule has 3 rings (SSSR count). The number of amides is 1. The van der Waals surface area contributed by atoms with E-state index in [1.165, 1.54) is 24.3 Å². The molecule has 0 radical (unpaired) electrons. The lowest BCUT2D eigenvalue weighted by Crippen LogP contribution is -2.19. The Morgan fingerprint density at radius 1 is 1.24 bits per heavy atom. The fourth-order valence-electron chi connectivity index (χ4n) is 2.08. The monoisotopic (exact) mass is 284 g/mol. The molecular formula is C15H13FN4O. The Morgan fingerprint density at radius 3 is 2.76 bits per heavy atom. The molecule has 0 saturated carbocycles. The summed E-state index contributed by atoms with van der Waals surface area (Å²) in [5.74, 6) is -0.587. The number of hydrogen-bond donors (Lipinski definition) is 2. The van der Waals surface area contributed by atoms with Crippen LogP contribution in [0.1, 0.15) is 0 Å². The molecule has 0 aliphatic heterocycles. The second-order valence-electron chi connectivity index (χ2n) is 4.68. The first-order chi connectivity index (χ1) is 10.1. The predicted molar refractivity (Wildman–Crippen MR) is 79.2 cm³/mol. The second-order valence-corrected chi connectivity index (χ2v) is 4.68. The summed E-state index contributed by atoms with van der Waals surface area (Å²) in [4.78, 5) is 12.0. The summed E-state index contributed by atoms with van der Waals surface area (Å²) in [6.07, 6.45) is 1.68. The number of carbonyl (C=O) groups is 1. The molecule has 0 unspecified atom stereocenters. The first-order valence-electron chi connectivity index (χ1n) is 6.38. The fourth-order valence-corrected chi connectivity index (χ4v) is 2.08. The quantitative estimate of drug-likeness (QED) is 0.725. The van der Waals surface area contributed by atoms with E-state index in [9.17, 15) is 9.18 Å². The number of carbonyl (C=O) groups excluding carboxylic acids is 1. The summed E-state index contributed by atoms with van der Waals surface area (Å²) >= 11 is 0. The van der Waals surface area contributed by atoms with Crippen molar-refractivity contribution in [1.82, 2.24) is 9.78 Å². The van der Waals surface area contributed by atoms with E-state index in [1.807, 2.05) is 6.07 Å². The first-order valence-corrected chi connectivity index (χ1v) is 6.38. The lowest BCUT2D eigenvalue weighted by molar-refractivity contribution is -0.116. The molecule has 3 aromatic rings. The van der Waals surface area contributed by atoms with Crippen LogP contribution in [-0.4, -0.2) is 15.7 Å². The van der Waals surface area contributed by atoms with Gasteiger partial charge in [-0.25, -0.2) is 4.39 Å². The summed E-state index contributed by atoms with van der Waals surface area (Å²) in [5, 5.41) is 7.78. The molecule has 3 N–H and O–H groups in total. The van der Waals surface area contributed by atoms with E-state index < -0.39 is 0 Å². The zero-order valence-corrected chi connectivity index (χ0v) is 11.1. The van der Waals surface area contributed by atoms with Gasteiger partial charge in [0.15, 0.2) is 0 Å². The molecule has 1 aromatic heterocycles. The van der Waals surface area contributed by atoms with Gasteiger partial charge in [-0.1, -0.05) is 0 Å². The van der Waals surface area contributed by atoms with Crippen molar-refractivity contribution < 1.29 is 9.18 Å². The molecule has 0 atom stereocenters. The van der Waals surface area contributed by atoms with Gasteiger partial charge in [0.2, 0.25) is 5.91 Å². The SMILES string of the molecule is Nc1ccc2cnn(CC(=O)Nc3ccc(F)cc3)c2c1. The maximum absolute atomic E-state index is 12.8. The van der Waals surface area contributed by atoms with Gasteiger partial charge in [-0.05, 0) is 42.5 Å². The fraction of sp³-hybridized carbons (Fsp3) is 0.0667. The molecule has 0 aliphatic carbocycles. The summed E-state index contributed by atoms with van der Waals surface area (Å²) in [5.41, 5.74) is 7.69. The predicted octanol–water partition coefficient (Wildman–Crippen LogP) is 2.40. The maximum atomic E-state index is 12.8. The lowest BCUT2D eigenvalue weighted by Gasteiger charge is -2.06. The van der Waals surface area contributed by atoms with Crippen LogP contribution >= 0.6 is 0 Å². The highest BCUT2D eigenvalue weighted by atomic mass is 19.1. The highest BCUT2D eigenvalue weighted by molar-refractivity contribution is 5.92. The van der Waals surface area contributed by atoms with Crippen LogP contribution in [0.2, 0.25) is 0 Å². The van der Waals surface area contributed by atoms with Crippen molar-refractivity contribution in [3.8, 4) is 0 Å². The molecule has 0 spiro atoms. The van der Waals surface area contributed by atoms with Crippen molar-refractivity contribution >= 4 is 28.2 Å². The van der Waals surface area contributed by atoms with Gasteiger partial charge in [0.1, 0.15) is 12.4 Å². The number of nitrogens with two attached hydrogens (primary N) is 1. The first kappa shape index (κ1) is 13.1. The average Bonchev–Trinajstić information content (AvgIpc) is 2.84. The van der Waals surface area contributed by atoms with E-state index in [0.717, 1.165) is 10.9 Å². The van der Waals surface area contributed by atoms with Crippen molar-refractivity contribution in [2.24, 2.45) is 0 Å². The van der Waals surface area contributed by atoms with Gasteiger partial charge in [0.25, 0.3) is 0 Å². The summed E-state index contributed by atoms with van der Waals surface area (Å²) in [6, 6.07) is 11.0. The van der Waals surface area contributed by atoms with Crippen LogP contribution in [0.25, 0.3) is 10.9 Å². The smallest absolute Gasteiger partial charge is 0.246 e. The van der Waals surface area contributed by atoms with Crippen molar-refractivity contribution in [2.75, 3.05) is 11.1 Å².